The number of nitrogens with zero attached hydrogens (tertiary/aromatic N) is 3. The van der Waals surface area contributed by atoms with Crippen LogP contribution in [0.15, 0.2) is 18.2 Å². The second-order valence-electron chi connectivity index (χ2n) is 3.61. The Balaban J connectivity index is 2.08. The van der Waals surface area contributed by atoms with Gasteiger partial charge in [0.15, 0.2) is 0 Å². The summed E-state index contributed by atoms with van der Waals surface area (Å²) in [7, 11) is 2.14. The lowest BCUT2D eigenvalue weighted by atomic mass is 10.3. The molecule has 0 bridgehead atoms. The third-order valence-electron chi connectivity index (χ3n) is 2.53. The van der Waals surface area contributed by atoms with Crippen LogP contribution in [0.5, 0.6) is 0 Å². The molecule has 14 heavy (non-hydrogen) atoms. The van der Waals surface area contributed by atoms with Gasteiger partial charge in [0.2, 0.25) is 0 Å². The van der Waals surface area contributed by atoms with E-state index in [1.54, 1.807) is 6.07 Å². The number of halogens is 1. The van der Waals surface area contributed by atoms with Gasteiger partial charge in [0, 0.05) is 26.2 Å². The standard InChI is InChI=1S/C10H14ClN3/c1-13-5-7-14(8-6-13)10-4-2-3-9(11)12-10/h2-4H,5-8H2,1H3. The molecule has 1 aliphatic rings. The summed E-state index contributed by atoms with van der Waals surface area (Å²) in [5, 5.41) is 0.571. The van der Waals surface area contributed by atoms with Crippen molar-refractivity contribution in [2.24, 2.45) is 0 Å². The number of hydrogen-bond donors (Lipinski definition) is 0. The molecule has 0 spiro atoms. The first kappa shape index (κ1) is 9.74. The number of piperazine rings is 1. The van der Waals surface area contributed by atoms with E-state index in [1.165, 1.54) is 0 Å². The van der Waals surface area contributed by atoms with Crippen molar-refractivity contribution in [2.75, 3.05) is 38.1 Å². The number of aromatic nitrogens is 1. The predicted molar refractivity (Wildman–Crippen MR) is 59.0 cm³/mol. The van der Waals surface area contributed by atoms with Crippen molar-refractivity contribution in [3.8, 4) is 0 Å². The van der Waals surface area contributed by atoms with E-state index < -0.39 is 0 Å². The number of hydrogen-bond acceptors (Lipinski definition) is 3. The molecule has 2 heterocycles. The summed E-state index contributed by atoms with van der Waals surface area (Å²) in [5.41, 5.74) is 0. The summed E-state index contributed by atoms with van der Waals surface area (Å²) in [6.07, 6.45) is 0. The average molecular weight is 212 g/mol. The summed E-state index contributed by atoms with van der Waals surface area (Å²) in [6, 6.07) is 5.77. The van der Waals surface area contributed by atoms with Gasteiger partial charge in [-0.15, -0.1) is 0 Å². The second kappa shape index (κ2) is 4.15. The Bertz CT molecular complexity index is 308. The molecule has 1 aromatic heterocycles. The van der Waals surface area contributed by atoms with Gasteiger partial charge in [0.25, 0.3) is 0 Å². The normalized spacial score (nSPS) is 18.6. The Morgan fingerprint density at radius 2 is 1.93 bits per heavy atom. The lowest BCUT2D eigenvalue weighted by Gasteiger charge is -2.33. The van der Waals surface area contributed by atoms with Crippen LogP contribution in [-0.4, -0.2) is 43.1 Å². The summed E-state index contributed by atoms with van der Waals surface area (Å²) < 4.78 is 0. The van der Waals surface area contributed by atoms with E-state index in [0.717, 1.165) is 32.0 Å². The van der Waals surface area contributed by atoms with Crippen LogP contribution in [0.25, 0.3) is 0 Å². The van der Waals surface area contributed by atoms with Crippen LogP contribution in [-0.2, 0) is 0 Å². The first-order valence-electron chi connectivity index (χ1n) is 4.82. The van der Waals surface area contributed by atoms with E-state index in [2.05, 4.69) is 21.8 Å². The molecule has 1 aromatic rings. The molecule has 0 radical (unpaired) electrons. The molecular weight excluding hydrogens is 198 g/mol. The largest absolute Gasteiger partial charge is 0.354 e. The van der Waals surface area contributed by atoms with Gasteiger partial charge in [-0.3, -0.25) is 0 Å². The monoisotopic (exact) mass is 211 g/mol. The lowest BCUT2D eigenvalue weighted by molar-refractivity contribution is 0.312. The molecule has 76 valence electrons. The highest BCUT2D eigenvalue weighted by atomic mass is 35.5. The van der Waals surface area contributed by atoms with Gasteiger partial charge in [0.05, 0.1) is 0 Å². The van der Waals surface area contributed by atoms with Crippen LogP contribution in [0.1, 0.15) is 0 Å². The molecular formula is C10H14ClN3. The van der Waals surface area contributed by atoms with Crippen LogP contribution in [0.4, 0.5) is 5.82 Å². The van der Waals surface area contributed by atoms with Gasteiger partial charge in [-0.2, -0.15) is 0 Å². The SMILES string of the molecule is CN1CCN(c2cccc(Cl)n2)CC1. The van der Waals surface area contributed by atoms with Crippen molar-refractivity contribution in [1.82, 2.24) is 9.88 Å². The van der Waals surface area contributed by atoms with E-state index in [9.17, 15) is 0 Å². The van der Waals surface area contributed by atoms with Gasteiger partial charge < -0.3 is 9.80 Å². The smallest absolute Gasteiger partial charge is 0.131 e. The van der Waals surface area contributed by atoms with Crippen LogP contribution in [0.3, 0.4) is 0 Å². The molecule has 0 atom stereocenters. The van der Waals surface area contributed by atoms with Crippen molar-refractivity contribution in [1.29, 1.82) is 0 Å². The predicted octanol–water partition coefficient (Wildman–Crippen LogP) is 1.49. The number of rotatable bonds is 1. The van der Waals surface area contributed by atoms with Crippen molar-refractivity contribution >= 4 is 17.4 Å². The minimum atomic E-state index is 0.571. The summed E-state index contributed by atoms with van der Waals surface area (Å²) >= 11 is 5.84. The molecule has 0 unspecified atom stereocenters. The highest BCUT2D eigenvalue weighted by molar-refractivity contribution is 6.29. The third-order valence-corrected chi connectivity index (χ3v) is 2.74. The molecule has 0 N–H and O–H groups in total. The van der Waals surface area contributed by atoms with Gasteiger partial charge in [-0.25, -0.2) is 4.98 Å². The van der Waals surface area contributed by atoms with E-state index in [-0.39, 0.29) is 0 Å². The first-order valence-corrected chi connectivity index (χ1v) is 5.19. The topological polar surface area (TPSA) is 19.4 Å². The zero-order chi connectivity index (χ0) is 9.97. The van der Waals surface area contributed by atoms with E-state index in [1.807, 2.05) is 12.1 Å². The maximum absolute atomic E-state index is 5.84. The van der Waals surface area contributed by atoms with Gasteiger partial charge in [-0.1, -0.05) is 17.7 Å². The Morgan fingerprint density at radius 1 is 1.21 bits per heavy atom. The Hall–Kier alpha value is -0.800. The second-order valence-corrected chi connectivity index (χ2v) is 4.00. The van der Waals surface area contributed by atoms with E-state index in [4.69, 9.17) is 11.6 Å². The number of anilines is 1. The molecule has 0 saturated carbocycles. The van der Waals surface area contributed by atoms with E-state index >= 15 is 0 Å². The van der Waals surface area contributed by atoms with E-state index in [0.29, 0.717) is 5.15 Å². The van der Waals surface area contributed by atoms with Crippen LogP contribution >= 0.6 is 11.6 Å². The van der Waals surface area contributed by atoms with Crippen LogP contribution < -0.4 is 4.90 Å². The summed E-state index contributed by atoms with van der Waals surface area (Å²) in [4.78, 5) is 8.88. The molecule has 0 aromatic carbocycles. The minimum absolute atomic E-state index is 0.571. The number of pyridine rings is 1. The summed E-state index contributed by atoms with van der Waals surface area (Å²) in [5.74, 6) is 0.991. The molecule has 0 aliphatic carbocycles. The molecule has 2 rings (SSSR count). The Labute approximate surface area is 89.3 Å². The molecule has 1 aliphatic heterocycles. The fourth-order valence-corrected chi connectivity index (χ4v) is 1.77. The molecule has 0 amide bonds. The maximum atomic E-state index is 5.84. The zero-order valence-corrected chi connectivity index (χ0v) is 9.04. The van der Waals surface area contributed by atoms with Crippen molar-refractivity contribution in [3.63, 3.8) is 0 Å². The van der Waals surface area contributed by atoms with Crippen LogP contribution in [0, 0.1) is 0 Å². The highest BCUT2D eigenvalue weighted by Crippen LogP contribution is 2.15. The van der Waals surface area contributed by atoms with Crippen molar-refractivity contribution in [2.45, 2.75) is 0 Å². The van der Waals surface area contributed by atoms with Gasteiger partial charge >= 0.3 is 0 Å². The average Bonchev–Trinajstić information content (AvgIpc) is 2.19. The van der Waals surface area contributed by atoms with Gasteiger partial charge in [0.1, 0.15) is 11.0 Å². The molecule has 4 heteroatoms. The third kappa shape index (κ3) is 2.16. The summed E-state index contributed by atoms with van der Waals surface area (Å²) in [6.45, 7) is 4.25. The number of likely N-dealkylation sites (N-methyl/N-ethyl adjacent to an activating group) is 1. The fraction of sp³-hybridized carbons (Fsp3) is 0.500. The fourth-order valence-electron chi connectivity index (χ4n) is 1.61. The molecule has 1 fully saturated rings. The zero-order valence-electron chi connectivity index (χ0n) is 8.28. The van der Waals surface area contributed by atoms with Crippen LogP contribution in [0.2, 0.25) is 5.15 Å². The lowest BCUT2D eigenvalue weighted by Crippen LogP contribution is -2.44. The first-order chi connectivity index (χ1) is 6.75. The maximum Gasteiger partial charge on any atom is 0.131 e. The minimum Gasteiger partial charge on any atom is -0.354 e. The van der Waals surface area contributed by atoms with Gasteiger partial charge in [-0.05, 0) is 19.2 Å². The molecule has 1 saturated heterocycles. The molecule has 3 nitrogen and oxygen atoms in total. The van der Waals surface area contributed by atoms with Crippen molar-refractivity contribution in [3.05, 3.63) is 23.4 Å². The highest BCUT2D eigenvalue weighted by Gasteiger charge is 2.14. The van der Waals surface area contributed by atoms with Crippen molar-refractivity contribution < 1.29 is 0 Å². The Kier molecular flexibility index (Phi) is 2.89. The quantitative estimate of drug-likeness (QED) is 0.657. The Morgan fingerprint density at radius 3 is 2.57 bits per heavy atom.